The highest BCUT2D eigenvalue weighted by Gasteiger charge is 2.28. The molecular weight excluding hydrogens is 189 g/mol. The Morgan fingerprint density at radius 2 is 1.54 bits per heavy atom. The lowest BCUT2D eigenvalue weighted by Crippen LogP contribution is -2.34. The maximum Gasteiger partial charge on any atom is 0.405 e. The van der Waals surface area contributed by atoms with Crippen molar-refractivity contribution in [1.82, 2.24) is 5.09 Å². The monoisotopic (exact) mass is 209 g/mol. The van der Waals surface area contributed by atoms with Gasteiger partial charge in [0.15, 0.2) is 0 Å². The largest absolute Gasteiger partial charge is 0.405 e. The summed E-state index contributed by atoms with van der Waals surface area (Å²) in [5, 5.41) is 2.85. The molecule has 0 bridgehead atoms. The highest BCUT2D eigenvalue weighted by Crippen LogP contribution is 2.45. The predicted molar refractivity (Wildman–Crippen MR) is 53.7 cm³/mol. The normalized spacial score (nSPS) is 13.3. The molecule has 0 heterocycles. The van der Waals surface area contributed by atoms with Crippen LogP contribution in [0, 0.1) is 0 Å². The summed E-state index contributed by atoms with van der Waals surface area (Å²) in [5.41, 5.74) is -0.278. The van der Waals surface area contributed by atoms with Gasteiger partial charge in [-0.2, -0.15) is 0 Å². The first-order chi connectivity index (χ1) is 5.83. The Labute approximate surface area is 80.6 Å². The molecule has 0 saturated heterocycles. The lowest BCUT2D eigenvalue weighted by atomic mass is 10.1. The molecule has 0 amide bonds. The summed E-state index contributed by atoms with van der Waals surface area (Å²) in [6, 6.07) is 0. The molecule has 0 aliphatic carbocycles. The topological polar surface area (TPSA) is 47.6 Å². The third kappa shape index (κ3) is 6.22. The van der Waals surface area contributed by atoms with E-state index in [1.807, 2.05) is 20.8 Å². The van der Waals surface area contributed by atoms with Gasteiger partial charge in [-0.15, -0.1) is 0 Å². The van der Waals surface area contributed by atoms with Crippen molar-refractivity contribution in [2.75, 3.05) is 13.2 Å². The van der Waals surface area contributed by atoms with Crippen LogP contribution in [0.5, 0.6) is 0 Å². The highest BCUT2D eigenvalue weighted by molar-refractivity contribution is 7.51. The Hall–Kier alpha value is 0.110. The first kappa shape index (κ1) is 13.1. The van der Waals surface area contributed by atoms with Crippen molar-refractivity contribution in [2.24, 2.45) is 0 Å². The van der Waals surface area contributed by atoms with Gasteiger partial charge in [-0.25, -0.2) is 9.65 Å². The van der Waals surface area contributed by atoms with Crippen LogP contribution >= 0.6 is 7.75 Å². The van der Waals surface area contributed by atoms with Gasteiger partial charge in [0.05, 0.1) is 13.2 Å². The molecule has 0 rings (SSSR count). The molecule has 0 aromatic heterocycles. The molecule has 0 saturated carbocycles. The molecule has 4 nitrogen and oxygen atoms in total. The molecule has 80 valence electrons. The molecule has 0 aliphatic heterocycles. The summed E-state index contributed by atoms with van der Waals surface area (Å²) in [6.07, 6.45) is 0. The number of rotatable bonds is 5. The molecular formula is C8H20NO3P. The molecule has 0 aromatic rings. The van der Waals surface area contributed by atoms with Crippen molar-refractivity contribution in [1.29, 1.82) is 0 Å². The third-order valence-corrected chi connectivity index (χ3v) is 3.21. The molecule has 13 heavy (non-hydrogen) atoms. The molecule has 5 heteroatoms. The van der Waals surface area contributed by atoms with Crippen molar-refractivity contribution in [3.63, 3.8) is 0 Å². The van der Waals surface area contributed by atoms with Crippen LogP contribution in [0.25, 0.3) is 0 Å². The van der Waals surface area contributed by atoms with Crippen LogP contribution in [-0.2, 0) is 13.6 Å². The van der Waals surface area contributed by atoms with E-state index in [2.05, 4.69) is 5.09 Å². The van der Waals surface area contributed by atoms with E-state index in [4.69, 9.17) is 9.05 Å². The van der Waals surface area contributed by atoms with Gasteiger partial charge in [-0.1, -0.05) is 0 Å². The van der Waals surface area contributed by atoms with Crippen LogP contribution in [0.4, 0.5) is 0 Å². The van der Waals surface area contributed by atoms with Gasteiger partial charge in [0.2, 0.25) is 0 Å². The summed E-state index contributed by atoms with van der Waals surface area (Å²) >= 11 is 0. The van der Waals surface area contributed by atoms with Crippen LogP contribution in [0.2, 0.25) is 0 Å². The van der Waals surface area contributed by atoms with Crippen LogP contribution < -0.4 is 5.09 Å². The summed E-state index contributed by atoms with van der Waals surface area (Å²) in [6.45, 7) is 10.1. The van der Waals surface area contributed by atoms with Gasteiger partial charge < -0.3 is 0 Å². The molecule has 0 aliphatic rings. The Morgan fingerprint density at radius 1 is 1.15 bits per heavy atom. The van der Waals surface area contributed by atoms with E-state index >= 15 is 0 Å². The fourth-order valence-electron chi connectivity index (χ4n) is 0.853. The Morgan fingerprint density at radius 3 is 1.77 bits per heavy atom. The van der Waals surface area contributed by atoms with E-state index in [0.29, 0.717) is 13.2 Å². The molecule has 0 spiro atoms. The van der Waals surface area contributed by atoms with Crippen molar-refractivity contribution < 1.29 is 13.6 Å². The third-order valence-electron chi connectivity index (χ3n) is 1.07. The quantitative estimate of drug-likeness (QED) is 0.707. The van der Waals surface area contributed by atoms with E-state index in [0.717, 1.165) is 0 Å². The minimum atomic E-state index is -3.09. The number of hydrogen-bond acceptors (Lipinski definition) is 3. The number of hydrogen-bond donors (Lipinski definition) is 1. The van der Waals surface area contributed by atoms with Gasteiger partial charge in [0, 0.05) is 5.54 Å². The van der Waals surface area contributed by atoms with Crippen LogP contribution in [-0.4, -0.2) is 18.8 Å². The van der Waals surface area contributed by atoms with Crippen molar-refractivity contribution >= 4 is 7.75 Å². The minimum Gasteiger partial charge on any atom is -0.297 e. The standard InChI is InChI=1S/C8H20NO3P/c1-6-11-13(10,12-7-2)9-8(3,4)5/h6-7H2,1-5H3,(H,9,10). The maximum atomic E-state index is 11.9. The van der Waals surface area contributed by atoms with Gasteiger partial charge in [0.25, 0.3) is 0 Å². The maximum absolute atomic E-state index is 11.9. The average molecular weight is 209 g/mol. The average Bonchev–Trinajstić information content (AvgIpc) is 1.82. The lowest BCUT2D eigenvalue weighted by molar-refractivity contribution is 0.201. The second kappa shape index (κ2) is 5.11. The highest BCUT2D eigenvalue weighted by atomic mass is 31.2. The molecule has 0 radical (unpaired) electrons. The SMILES string of the molecule is CCOP(=O)(NC(C)(C)C)OCC. The summed E-state index contributed by atoms with van der Waals surface area (Å²) in [7, 11) is -3.09. The summed E-state index contributed by atoms with van der Waals surface area (Å²) in [4.78, 5) is 0. The smallest absolute Gasteiger partial charge is 0.297 e. The van der Waals surface area contributed by atoms with Crippen LogP contribution in [0.15, 0.2) is 0 Å². The molecule has 0 aromatic carbocycles. The zero-order valence-electron chi connectivity index (χ0n) is 9.09. The van der Waals surface area contributed by atoms with Crippen molar-refractivity contribution in [3.8, 4) is 0 Å². The Balaban J connectivity index is 4.33. The zero-order valence-corrected chi connectivity index (χ0v) is 9.98. The fraction of sp³-hybridized carbons (Fsp3) is 1.00. The van der Waals surface area contributed by atoms with Crippen molar-refractivity contribution in [3.05, 3.63) is 0 Å². The van der Waals surface area contributed by atoms with E-state index in [1.54, 1.807) is 13.8 Å². The van der Waals surface area contributed by atoms with E-state index < -0.39 is 7.75 Å². The van der Waals surface area contributed by atoms with Gasteiger partial charge in [-0.05, 0) is 34.6 Å². The zero-order chi connectivity index (χ0) is 10.5. The summed E-state index contributed by atoms with van der Waals surface area (Å²) < 4.78 is 22.0. The van der Waals surface area contributed by atoms with Gasteiger partial charge in [-0.3, -0.25) is 9.05 Å². The van der Waals surface area contributed by atoms with E-state index in [1.165, 1.54) is 0 Å². The predicted octanol–water partition coefficient (Wildman–Crippen LogP) is 2.56. The minimum absolute atomic E-state index is 0.278. The number of nitrogens with one attached hydrogen (secondary N) is 1. The Kier molecular flexibility index (Phi) is 5.15. The second-order valence-electron chi connectivity index (χ2n) is 3.69. The Bertz CT molecular complexity index is 178. The van der Waals surface area contributed by atoms with E-state index in [9.17, 15) is 4.57 Å². The van der Waals surface area contributed by atoms with E-state index in [-0.39, 0.29) is 5.54 Å². The lowest BCUT2D eigenvalue weighted by Gasteiger charge is -2.26. The molecule has 0 atom stereocenters. The first-order valence-electron chi connectivity index (χ1n) is 4.51. The fourth-order valence-corrected chi connectivity index (χ4v) is 2.56. The molecule has 0 fully saturated rings. The first-order valence-corrected chi connectivity index (χ1v) is 6.06. The second-order valence-corrected chi connectivity index (χ2v) is 5.43. The van der Waals surface area contributed by atoms with Gasteiger partial charge >= 0.3 is 7.75 Å². The molecule has 0 unspecified atom stereocenters. The van der Waals surface area contributed by atoms with Crippen LogP contribution in [0.3, 0.4) is 0 Å². The molecule has 1 N–H and O–H groups in total. The van der Waals surface area contributed by atoms with Gasteiger partial charge in [0.1, 0.15) is 0 Å². The van der Waals surface area contributed by atoms with Crippen molar-refractivity contribution in [2.45, 2.75) is 40.2 Å². The summed E-state index contributed by atoms with van der Waals surface area (Å²) in [5.74, 6) is 0. The van der Waals surface area contributed by atoms with Crippen LogP contribution in [0.1, 0.15) is 34.6 Å².